The van der Waals surface area contributed by atoms with Crippen molar-refractivity contribution in [3.63, 3.8) is 0 Å². The molecule has 4 amide bonds. The maximum absolute atomic E-state index is 14.6. The molecule has 264 valence electrons. The number of hydrogen-bond donors (Lipinski definition) is 3. The molecule has 0 heterocycles. The Morgan fingerprint density at radius 1 is 0.820 bits per heavy atom. The zero-order valence-corrected chi connectivity index (χ0v) is 28.7. The number of alkyl carbamates (subject to hydrolysis) is 1. The molecule has 0 radical (unpaired) electrons. The van der Waals surface area contributed by atoms with Crippen molar-refractivity contribution >= 4 is 29.8 Å². The van der Waals surface area contributed by atoms with Gasteiger partial charge in [-0.3, -0.25) is 19.3 Å². The first kappa shape index (κ1) is 38.9. The maximum Gasteiger partial charge on any atom is 0.408 e. The Morgan fingerprint density at radius 2 is 1.34 bits per heavy atom. The van der Waals surface area contributed by atoms with Crippen molar-refractivity contribution in [3.8, 4) is 6.07 Å². The van der Waals surface area contributed by atoms with Gasteiger partial charge in [-0.15, -0.1) is 0 Å². The summed E-state index contributed by atoms with van der Waals surface area (Å²) in [6.07, 6.45) is -3.70. The van der Waals surface area contributed by atoms with Gasteiger partial charge in [-0.2, -0.15) is 5.26 Å². The molecule has 0 saturated carbocycles. The molecular weight excluding hydrogens is 640 g/mol. The Morgan fingerprint density at radius 3 is 1.86 bits per heavy atom. The van der Waals surface area contributed by atoms with Gasteiger partial charge in [-0.05, 0) is 44.4 Å². The molecule has 0 spiro atoms. The number of aliphatic hydroxyl groups excluding tert-OH is 1. The highest BCUT2D eigenvalue weighted by Crippen LogP contribution is 2.18. The lowest BCUT2D eigenvalue weighted by molar-refractivity contribution is -0.155. The average Bonchev–Trinajstić information content (AvgIpc) is 3.07. The van der Waals surface area contributed by atoms with Crippen LogP contribution in [0.25, 0.3) is 0 Å². The van der Waals surface area contributed by atoms with E-state index in [2.05, 4.69) is 10.6 Å². The molecule has 3 N–H and O–H groups in total. The second-order valence-corrected chi connectivity index (χ2v) is 12.7. The number of rotatable bonds is 15. The summed E-state index contributed by atoms with van der Waals surface area (Å²) < 4.78 is 10.8. The summed E-state index contributed by atoms with van der Waals surface area (Å²) in [7, 11) is 0. The normalized spacial score (nSPS) is 13.4. The fourth-order valence-corrected chi connectivity index (χ4v) is 4.96. The molecule has 0 fully saturated rings. The lowest BCUT2D eigenvalue weighted by Gasteiger charge is -2.34. The van der Waals surface area contributed by atoms with Crippen LogP contribution in [-0.2, 0) is 48.1 Å². The van der Waals surface area contributed by atoms with Crippen LogP contribution in [0.2, 0.25) is 0 Å². The SMILES string of the molecule is C[C@H](NC(=O)[C@H](Cc1ccccc1)N(C(=O)C[C@H](O)CC#N)C(=O)[C@@H](Cc1ccccc1)NC(=O)OC(C)(C)C)C(=O)OCc1ccccc1. The van der Waals surface area contributed by atoms with Crippen LogP contribution in [0.5, 0.6) is 0 Å². The van der Waals surface area contributed by atoms with Gasteiger partial charge in [0.05, 0.1) is 25.0 Å². The largest absolute Gasteiger partial charge is 0.459 e. The summed E-state index contributed by atoms with van der Waals surface area (Å²) >= 11 is 0. The number of hydrogen-bond acceptors (Lipinski definition) is 9. The van der Waals surface area contributed by atoms with Crippen LogP contribution in [0.15, 0.2) is 91.0 Å². The third-order valence-electron chi connectivity index (χ3n) is 7.34. The Balaban J connectivity index is 2.02. The summed E-state index contributed by atoms with van der Waals surface area (Å²) in [5, 5.41) is 24.7. The number of benzene rings is 3. The molecule has 0 aliphatic carbocycles. The molecule has 4 atom stereocenters. The summed E-state index contributed by atoms with van der Waals surface area (Å²) in [4.78, 5) is 69.3. The molecule has 0 aromatic heterocycles. The predicted octanol–water partition coefficient (Wildman–Crippen LogP) is 4.00. The highest BCUT2D eigenvalue weighted by atomic mass is 16.6. The van der Waals surface area contributed by atoms with Crippen LogP contribution in [0.1, 0.15) is 57.2 Å². The molecule has 12 nitrogen and oxygen atoms in total. The molecule has 0 aliphatic rings. The molecule has 3 aromatic rings. The van der Waals surface area contributed by atoms with E-state index in [4.69, 9.17) is 14.7 Å². The van der Waals surface area contributed by atoms with Crippen molar-refractivity contribution in [2.45, 2.75) is 89.8 Å². The Kier molecular flexibility index (Phi) is 14.7. The third kappa shape index (κ3) is 12.8. The summed E-state index contributed by atoms with van der Waals surface area (Å²) in [5.74, 6) is -3.52. The number of imide groups is 1. The molecule has 0 saturated heterocycles. The van der Waals surface area contributed by atoms with Crippen LogP contribution in [0, 0.1) is 11.3 Å². The maximum atomic E-state index is 14.6. The smallest absolute Gasteiger partial charge is 0.408 e. The van der Waals surface area contributed by atoms with Crippen molar-refractivity contribution in [1.29, 1.82) is 5.26 Å². The number of carbonyl (C=O) groups is 5. The van der Waals surface area contributed by atoms with Crippen LogP contribution in [-0.4, -0.2) is 69.6 Å². The van der Waals surface area contributed by atoms with Gasteiger partial charge in [-0.25, -0.2) is 9.59 Å². The number of nitrogens with zero attached hydrogens (tertiary/aromatic N) is 2. The Labute approximate surface area is 292 Å². The lowest BCUT2D eigenvalue weighted by Crippen LogP contribution is -2.60. The number of carbonyl (C=O) groups excluding carboxylic acids is 5. The van der Waals surface area contributed by atoms with E-state index < -0.39 is 72.5 Å². The van der Waals surface area contributed by atoms with E-state index in [1.165, 1.54) is 6.92 Å². The van der Waals surface area contributed by atoms with Gasteiger partial charge >= 0.3 is 12.1 Å². The van der Waals surface area contributed by atoms with E-state index in [-0.39, 0.29) is 19.4 Å². The number of amides is 4. The molecule has 0 aliphatic heterocycles. The number of nitrogens with one attached hydrogen (secondary N) is 2. The number of nitriles is 1. The van der Waals surface area contributed by atoms with E-state index in [9.17, 15) is 29.1 Å². The van der Waals surface area contributed by atoms with Crippen LogP contribution in [0.4, 0.5) is 4.79 Å². The van der Waals surface area contributed by atoms with Gasteiger partial charge in [0.25, 0.3) is 5.91 Å². The van der Waals surface area contributed by atoms with Gasteiger partial charge in [0.2, 0.25) is 11.8 Å². The molecule has 3 aromatic carbocycles. The molecule has 50 heavy (non-hydrogen) atoms. The summed E-state index contributed by atoms with van der Waals surface area (Å²) in [6, 6.07) is 24.0. The van der Waals surface area contributed by atoms with E-state index in [0.717, 1.165) is 5.56 Å². The second kappa shape index (κ2) is 18.9. The van der Waals surface area contributed by atoms with E-state index in [0.29, 0.717) is 16.0 Å². The van der Waals surface area contributed by atoms with E-state index >= 15 is 0 Å². The van der Waals surface area contributed by atoms with Gasteiger partial charge in [-0.1, -0.05) is 91.0 Å². The Bertz CT molecular complexity index is 1620. The average molecular weight is 685 g/mol. The lowest BCUT2D eigenvalue weighted by atomic mass is 9.99. The highest BCUT2D eigenvalue weighted by molar-refractivity contribution is 6.04. The quantitative estimate of drug-likeness (QED) is 0.200. The summed E-state index contributed by atoms with van der Waals surface area (Å²) in [6.45, 7) is 6.33. The minimum absolute atomic E-state index is 0.0370. The van der Waals surface area contributed by atoms with Gasteiger partial charge < -0.3 is 25.2 Å². The zero-order chi connectivity index (χ0) is 36.7. The first-order valence-electron chi connectivity index (χ1n) is 16.3. The van der Waals surface area contributed by atoms with E-state index in [1.54, 1.807) is 112 Å². The fraction of sp³-hybridized carbons (Fsp3) is 0.368. The molecule has 3 rings (SSSR count). The van der Waals surface area contributed by atoms with Crippen molar-refractivity contribution in [2.24, 2.45) is 0 Å². The topological polar surface area (TPSA) is 175 Å². The fourth-order valence-electron chi connectivity index (χ4n) is 4.96. The van der Waals surface area contributed by atoms with Crippen LogP contribution >= 0.6 is 0 Å². The number of esters is 1. The first-order chi connectivity index (χ1) is 23.8. The monoisotopic (exact) mass is 684 g/mol. The second-order valence-electron chi connectivity index (χ2n) is 12.7. The van der Waals surface area contributed by atoms with Crippen molar-refractivity contribution < 1.29 is 38.6 Å². The zero-order valence-electron chi connectivity index (χ0n) is 28.7. The molecule has 0 bridgehead atoms. The predicted molar refractivity (Wildman–Crippen MR) is 184 cm³/mol. The third-order valence-corrected chi connectivity index (χ3v) is 7.34. The van der Waals surface area contributed by atoms with Crippen molar-refractivity contribution in [3.05, 3.63) is 108 Å². The van der Waals surface area contributed by atoms with Crippen molar-refractivity contribution in [1.82, 2.24) is 15.5 Å². The number of aliphatic hydroxyl groups is 1. The van der Waals surface area contributed by atoms with Gasteiger partial charge in [0, 0.05) is 12.8 Å². The molecular formula is C38H44N4O8. The van der Waals surface area contributed by atoms with Crippen LogP contribution < -0.4 is 10.6 Å². The Hall–Kier alpha value is -5.54. The first-order valence-corrected chi connectivity index (χ1v) is 16.3. The number of ether oxygens (including phenoxy) is 2. The standard InChI is InChI=1S/C38H44N4O8/c1-26(36(47)49-25-29-18-12-7-13-19-29)40-34(45)32(23-28-16-10-6-11-17-28)42(33(44)24-30(43)20-21-39)35(46)31(22-27-14-8-5-9-15-27)41-37(48)50-38(2,3)4/h5-19,26,30-32,43H,20,22-25H2,1-4H3,(H,40,45)(H,41,48)/t26-,30+,31+,32-/m0/s1. The molecule has 0 unspecified atom stereocenters. The van der Waals surface area contributed by atoms with Crippen LogP contribution in [0.3, 0.4) is 0 Å². The van der Waals surface area contributed by atoms with Gasteiger partial charge in [0.15, 0.2) is 0 Å². The minimum atomic E-state index is -1.55. The van der Waals surface area contributed by atoms with E-state index in [1.807, 2.05) is 6.07 Å². The van der Waals surface area contributed by atoms with Gasteiger partial charge in [0.1, 0.15) is 30.3 Å². The highest BCUT2D eigenvalue weighted by Gasteiger charge is 2.40. The molecule has 12 heteroatoms. The summed E-state index contributed by atoms with van der Waals surface area (Å²) in [5.41, 5.74) is 1.04. The minimum Gasteiger partial charge on any atom is -0.459 e. The van der Waals surface area contributed by atoms with Crippen molar-refractivity contribution in [2.75, 3.05) is 0 Å².